The van der Waals surface area contributed by atoms with Gasteiger partial charge in [0, 0.05) is 18.4 Å². The summed E-state index contributed by atoms with van der Waals surface area (Å²) in [7, 11) is 0. The first kappa shape index (κ1) is 14.4. The van der Waals surface area contributed by atoms with Crippen LogP contribution in [-0.4, -0.2) is 9.55 Å². The predicted molar refractivity (Wildman–Crippen MR) is 66.8 cm³/mol. The molecular formula is C13H14F3N3O. The highest BCUT2D eigenvalue weighted by Crippen LogP contribution is 2.22. The second-order valence-electron chi connectivity index (χ2n) is 4.30. The van der Waals surface area contributed by atoms with Gasteiger partial charge in [0.2, 0.25) is 0 Å². The average molecular weight is 285 g/mol. The third-order valence-electron chi connectivity index (χ3n) is 2.80. The van der Waals surface area contributed by atoms with Gasteiger partial charge >= 0.3 is 6.55 Å². The average Bonchev–Trinajstić information content (AvgIpc) is 2.85. The number of nitrogens with two attached hydrogens (primary N) is 1. The van der Waals surface area contributed by atoms with Crippen molar-refractivity contribution in [3.8, 4) is 5.75 Å². The van der Waals surface area contributed by atoms with Crippen molar-refractivity contribution in [1.82, 2.24) is 9.55 Å². The largest absolute Gasteiger partial charge is 0.483 e. The lowest BCUT2D eigenvalue weighted by Crippen LogP contribution is -2.09. The number of nitrogens with zero attached hydrogens (tertiary/aromatic N) is 2. The number of halogens is 3. The highest BCUT2D eigenvalue weighted by Gasteiger charge is 2.13. The molecule has 1 unspecified atom stereocenters. The lowest BCUT2D eigenvalue weighted by molar-refractivity contribution is 0.0631. The van der Waals surface area contributed by atoms with Gasteiger partial charge in [-0.1, -0.05) is 6.07 Å². The highest BCUT2D eigenvalue weighted by molar-refractivity contribution is 5.30. The minimum atomic E-state index is -2.71. The van der Waals surface area contributed by atoms with Gasteiger partial charge in [-0.25, -0.2) is 9.37 Å². The number of alkyl halides is 2. The van der Waals surface area contributed by atoms with Crippen LogP contribution in [0.1, 0.15) is 30.9 Å². The first-order valence-corrected chi connectivity index (χ1v) is 5.96. The molecule has 0 saturated heterocycles. The van der Waals surface area contributed by atoms with E-state index in [4.69, 9.17) is 10.5 Å². The lowest BCUT2D eigenvalue weighted by Gasteiger charge is -2.11. The third kappa shape index (κ3) is 3.11. The third-order valence-corrected chi connectivity index (χ3v) is 2.80. The zero-order valence-electron chi connectivity index (χ0n) is 10.8. The maximum Gasteiger partial charge on any atom is 0.320 e. The van der Waals surface area contributed by atoms with Gasteiger partial charge < -0.3 is 10.5 Å². The predicted octanol–water partition coefficient (Wildman–Crippen LogP) is 3.02. The van der Waals surface area contributed by atoms with E-state index in [1.807, 2.05) is 0 Å². The number of rotatable bonds is 5. The van der Waals surface area contributed by atoms with Gasteiger partial charge in [0.1, 0.15) is 6.61 Å². The van der Waals surface area contributed by atoms with Crippen LogP contribution < -0.4 is 10.5 Å². The summed E-state index contributed by atoms with van der Waals surface area (Å²) < 4.78 is 44.8. The van der Waals surface area contributed by atoms with Crippen LogP contribution in [-0.2, 0) is 6.61 Å². The topological polar surface area (TPSA) is 53.1 Å². The summed E-state index contributed by atoms with van der Waals surface area (Å²) in [4.78, 5) is 3.74. The van der Waals surface area contributed by atoms with Gasteiger partial charge in [-0.15, -0.1) is 0 Å². The van der Waals surface area contributed by atoms with Gasteiger partial charge in [0.25, 0.3) is 0 Å². The number of hydrogen-bond donors (Lipinski definition) is 1. The van der Waals surface area contributed by atoms with Crippen molar-refractivity contribution >= 4 is 0 Å². The number of ether oxygens (including phenoxy) is 1. The quantitative estimate of drug-likeness (QED) is 0.918. The molecule has 20 heavy (non-hydrogen) atoms. The lowest BCUT2D eigenvalue weighted by atomic mass is 10.1. The maximum absolute atomic E-state index is 13.7. The molecule has 0 radical (unpaired) electrons. The molecule has 0 aliphatic heterocycles. The van der Waals surface area contributed by atoms with Crippen LogP contribution in [0.5, 0.6) is 5.75 Å². The van der Waals surface area contributed by atoms with Crippen molar-refractivity contribution in [1.29, 1.82) is 0 Å². The fraction of sp³-hybridized carbons (Fsp3) is 0.308. The first-order chi connectivity index (χ1) is 9.49. The van der Waals surface area contributed by atoms with Gasteiger partial charge in [0.05, 0.1) is 0 Å². The highest BCUT2D eigenvalue weighted by atomic mass is 19.3. The van der Waals surface area contributed by atoms with Crippen LogP contribution in [0.15, 0.2) is 30.6 Å². The van der Waals surface area contributed by atoms with E-state index in [0.717, 1.165) is 6.20 Å². The minimum Gasteiger partial charge on any atom is -0.483 e. The second-order valence-corrected chi connectivity index (χ2v) is 4.30. The molecule has 2 N–H and O–H groups in total. The SMILES string of the molecule is CC(N)c1ccc(OCc2nccn2C(F)F)c(F)c1. The molecular weight excluding hydrogens is 271 g/mol. The summed E-state index contributed by atoms with van der Waals surface area (Å²) >= 11 is 0. The molecule has 0 saturated carbocycles. The number of benzene rings is 1. The number of aromatic nitrogens is 2. The Morgan fingerprint density at radius 1 is 1.40 bits per heavy atom. The number of imidazole rings is 1. The second kappa shape index (κ2) is 5.96. The Bertz CT molecular complexity index is 584. The molecule has 1 aromatic heterocycles. The fourth-order valence-corrected chi connectivity index (χ4v) is 1.69. The van der Waals surface area contributed by atoms with E-state index in [2.05, 4.69) is 4.98 Å². The van der Waals surface area contributed by atoms with Gasteiger partial charge in [-0.2, -0.15) is 8.78 Å². The summed E-state index contributed by atoms with van der Waals surface area (Å²) in [5.41, 5.74) is 6.26. The minimum absolute atomic E-state index is 0.0238. The summed E-state index contributed by atoms with van der Waals surface area (Å²) in [6, 6.07) is 4.02. The van der Waals surface area contributed by atoms with E-state index in [0.29, 0.717) is 10.1 Å². The van der Waals surface area contributed by atoms with E-state index < -0.39 is 12.4 Å². The Morgan fingerprint density at radius 2 is 2.15 bits per heavy atom. The van der Waals surface area contributed by atoms with Crippen molar-refractivity contribution in [3.63, 3.8) is 0 Å². The molecule has 1 heterocycles. The van der Waals surface area contributed by atoms with E-state index in [9.17, 15) is 13.2 Å². The Morgan fingerprint density at radius 3 is 2.75 bits per heavy atom. The summed E-state index contributed by atoms with van der Waals surface area (Å²) in [6.45, 7) is -1.22. The van der Waals surface area contributed by atoms with Crippen molar-refractivity contribution in [2.45, 2.75) is 26.1 Å². The molecule has 4 nitrogen and oxygen atoms in total. The molecule has 1 aromatic carbocycles. The van der Waals surface area contributed by atoms with Crippen molar-refractivity contribution < 1.29 is 17.9 Å². The van der Waals surface area contributed by atoms with E-state index >= 15 is 0 Å². The zero-order valence-corrected chi connectivity index (χ0v) is 10.8. The molecule has 1 atom stereocenters. The Labute approximate surface area is 114 Å². The Hall–Kier alpha value is -2.02. The number of hydrogen-bond acceptors (Lipinski definition) is 3. The molecule has 7 heteroatoms. The van der Waals surface area contributed by atoms with Crippen LogP contribution in [0.2, 0.25) is 0 Å². The standard InChI is InChI=1S/C13H14F3N3O/c1-8(17)9-2-3-11(10(14)6-9)20-7-12-18-4-5-19(12)13(15)16/h2-6,8,13H,7,17H2,1H3. The molecule has 2 aromatic rings. The smallest absolute Gasteiger partial charge is 0.320 e. The van der Waals surface area contributed by atoms with Gasteiger partial charge in [-0.05, 0) is 24.6 Å². The molecule has 0 bridgehead atoms. The van der Waals surface area contributed by atoms with Gasteiger partial charge in [-0.3, -0.25) is 4.57 Å². The molecule has 2 rings (SSSR count). The molecule has 0 fully saturated rings. The van der Waals surface area contributed by atoms with Crippen LogP contribution >= 0.6 is 0 Å². The van der Waals surface area contributed by atoms with Crippen LogP contribution in [0.3, 0.4) is 0 Å². The monoisotopic (exact) mass is 285 g/mol. The molecule has 0 spiro atoms. The maximum atomic E-state index is 13.7. The normalized spacial score (nSPS) is 12.7. The van der Waals surface area contributed by atoms with Crippen molar-refractivity contribution in [3.05, 3.63) is 47.8 Å². The first-order valence-electron chi connectivity index (χ1n) is 5.96. The summed E-state index contributed by atoms with van der Waals surface area (Å²) in [5, 5.41) is 0. The Kier molecular flexibility index (Phi) is 4.29. The summed E-state index contributed by atoms with van der Waals surface area (Å²) in [5.74, 6) is -0.594. The van der Waals surface area contributed by atoms with Crippen LogP contribution in [0.25, 0.3) is 0 Å². The fourth-order valence-electron chi connectivity index (χ4n) is 1.69. The van der Waals surface area contributed by atoms with E-state index in [1.165, 1.54) is 18.3 Å². The van der Waals surface area contributed by atoms with E-state index in [-0.39, 0.29) is 24.2 Å². The van der Waals surface area contributed by atoms with Crippen LogP contribution in [0.4, 0.5) is 13.2 Å². The van der Waals surface area contributed by atoms with Crippen molar-refractivity contribution in [2.24, 2.45) is 5.73 Å². The Balaban J connectivity index is 2.09. The zero-order chi connectivity index (χ0) is 14.7. The van der Waals surface area contributed by atoms with Gasteiger partial charge in [0.15, 0.2) is 17.4 Å². The molecule has 108 valence electrons. The molecule has 0 aliphatic rings. The molecule has 0 aliphatic carbocycles. The molecule has 0 amide bonds. The van der Waals surface area contributed by atoms with Crippen LogP contribution in [0, 0.1) is 5.82 Å². The van der Waals surface area contributed by atoms with E-state index in [1.54, 1.807) is 13.0 Å². The van der Waals surface area contributed by atoms with Crippen molar-refractivity contribution in [2.75, 3.05) is 0 Å². The summed E-state index contributed by atoms with van der Waals surface area (Å²) in [6.07, 6.45) is 2.37.